The van der Waals surface area contributed by atoms with Crippen LogP contribution in [0.5, 0.6) is 0 Å². The average Bonchev–Trinajstić information content (AvgIpc) is 2.27. The van der Waals surface area contributed by atoms with Crippen molar-refractivity contribution in [2.75, 3.05) is 46.4 Å². The molecule has 0 bridgehead atoms. The molecule has 0 aromatic rings. The fraction of sp³-hybridized carbons (Fsp3) is 1.00. The summed E-state index contributed by atoms with van der Waals surface area (Å²) in [5, 5.41) is 3.29. The molecule has 0 aliphatic carbocycles. The first-order chi connectivity index (χ1) is 8.92. The van der Waals surface area contributed by atoms with E-state index in [4.69, 9.17) is 9.47 Å². The predicted molar refractivity (Wildman–Crippen MR) is 75.9 cm³/mol. The molecule has 0 aromatic heterocycles. The summed E-state index contributed by atoms with van der Waals surface area (Å²) < 4.78 is 37.8. The van der Waals surface area contributed by atoms with E-state index in [2.05, 4.69) is 5.32 Å². The van der Waals surface area contributed by atoms with Crippen LogP contribution in [0.3, 0.4) is 0 Å². The number of halogens is 3. The number of rotatable bonds is 4. The molecular weight excluding hydrogens is 290 g/mol. The van der Waals surface area contributed by atoms with Gasteiger partial charge in [0.25, 0.3) is 5.92 Å². The van der Waals surface area contributed by atoms with Crippen LogP contribution in [-0.2, 0) is 9.47 Å². The van der Waals surface area contributed by atoms with Gasteiger partial charge in [-0.3, -0.25) is 4.90 Å². The standard InChI is InChI=1S/C13H24F2N2O2.ClH/c1-12(14,15)9-17-7-11(8-18-2)19-13(10-17)3-5-16-6-4-13;/h11,16H,3-10H2,1-2H3;1H. The number of alkyl halides is 2. The summed E-state index contributed by atoms with van der Waals surface area (Å²) in [6.07, 6.45) is 1.64. The van der Waals surface area contributed by atoms with E-state index in [1.165, 1.54) is 0 Å². The lowest BCUT2D eigenvalue weighted by molar-refractivity contribution is -0.188. The zero-order valence-corrected chi connectivity index (χ0v) is 13.0. The highest BCUT2D eigenvalue weighted by atomic mass is 35.5. The molecule has 2 fully saturated rings. The van der Waals surface area contributed by atoms with Gasteiger partial charge >= 0.3 is 0 Å². The van der Waals surface area contributed by atoms with Crippen LogP contribution >= 0.6 is 12.4 Å². The number of hydrogen-bond acceptors (Lipinski definition) is 4. The quantitative estimate of drug-likeness (QED) is 0.853. The number of nitrogens with zero attached hydrogens (tertiary/aromatic N) is 1. The van der Waals surface area contributed by atoms with Crippen LogP contribution in [0, 0.1) is 0 Å². The van der Waals surface area contributed by atoms with Gasteiger partial charge in [0.1, 0.15) is 0 Å². The molecule has 1 atom stereocenters. The van der Waals surface area contributed by atoms with Crippen molar-refractivity contribution in [3.63, 3.8) is 0 Å². The van der Waals surface area contributed by atoms with Crippen LogP contribution in [0.4, 0.5) is 8.78 Å². The monoisotopic (exact) mass is 314 g/mol. The highest BCUT2D eigenvalue weighted by Gasteiger charge is 2.43. The lowest BCUT2D eigenvalue weighted by atomic mass is 9.89. The largest absolute Gasteiger partial charge is 0.382 e. The minimum atomic E-state index is -2.66. The Kier molecular flexibility index (Phi) is 6.60. The molecule has 1 N–H and O–H groups in total. The maximum Gasteiger partial charge on any atom is 0.257 e. The molecule has 0 amide bonds. The summed E-state index contributed by atoms with van der Waals surface area (Å²) in [5.41, 5.74) is -0.280. The van der Waals surface area contributed by atoms with Gasteiger partial charge in [-0.15, -0.1) is 12.4 Å². The number of hydrogen-bond donors (Lipinski definition) is 1. The average molecular weight is 315 g/mol. The van der Waals surface area contributed by atoms with E-state index in [-0.39, 0.29) is 30.7 Å². The van der Waals surface area contributed by atoms with E-state index in [1.807, 2.05) is 4.90 Å². The Hall–Kier alpha value is -0.0100. The molecule has 2 rings (SSSR count). The Morgan fingerprint density at radius 1 is 1.40 bits per heavy atom. The molecule has 0 aromatic carbocycles. The Balaban J connectivity index is 0.00000200. The smallest absolute Gasteiger partial charge is 0.257 e. The van der Waals surface area contributed by atoms with Gasteiger partial charge in [0.2, 0.25) is 0 Å². The number of nitrogens with one attached hydrogen (secondary N) is 1. The molecule has 120 valence electrons. The van der Waals surface area contributed by atoms with Gasteiger partial charge < -0.3 is 14.8 Å². The first-order valence-electron chi connectivity index (χ1n) is 6.90. The minimum absolute atomic E-state index is 0. The van der Waals surface area contributed by atoms with E-state index in [0.29, 0.717) is 19.7 Å². The van der Waals surface area contributed by atoms with E-state index < -0.39 is 5.92 Å². The van der Waals surface area contributed by atoms with Crippen LogP contribution in [0.2, 0.25) is 0 Å². The first kappa shape index (κ1) is 18.0. The third-order valence-corrected chi connectivity index (χ3v) is 3.76. The van der Waals surface area contributed by atoms with Crippen LogP contribution in [0.1, 0.15) is 19.8 Å². The zero-order valence-electron chi connectivity index (χ0n) is 12.2. The van der Waals surface area contributed by atoms with Crippen molar-refractivity contribution < 1.29 is 18.3 Å². The molecule has 4 nitrogen and oxygen atoms in total. The number of morpholine rings is 1. The van der Waals surface area contributed by atoms with Crippen molar-refractivity contribution in [2.24, 2.45) is 0 Å². The zero-order chi connectivity index (χ0) is 13.9. The van der Waals surface area contributed by atoms with Crippen molar-refractivity contribution >= 4 is 12.4 Å². The molecule has 1 spiro atoms. The van der Waals surface area contributed by atoms with Crippen molar-refractivity contribution in [3.8, 4) is 0 Å². The lowest BCUT2D eigenvalue weighted by Gasteiger charge is -2.48. The second-order valence-corrected chi connectivity index (χ2v) is 5.87. The van der Waals surface area contributed by atoms with Gasteiger partial charge in [-0.1, -0.05) is 0 Å². The molecule has 0 radical (unpaired) electrons. The number of piperidine rings is 1. The van der Waals surface area contributed by atoms with E-state index in [0.717, 1.165) is 32.9 Å². The van der Waals surface area contributed by atoms with Crippen LogP contribution in [0.25, 0.3) is 0 Å². The fourth-order valence-electron chi connectivity index (χ4n) is 3.13. The third-order valence-electron chi connectivity index (χ3n) is 3.76. The van der Waals surface area contributed by atoms with Crippen LogP contribution < -0.4 is 5.32 Å². The highest BCUT2D eigenvalue weighted by Crippen LogP contribution is 2.31. The summed E-state index contributed by atoms with van der Waals surface area (Å²) in [6.45, 7) is 4.12. The minimum Gasteiger partial charge on any atom is -0.382 e. The molecule has 2 aliphatic heterocycles. The molecule has 7 heteroatoms. The van der Waals surface area contributed by atoms with Crippen molar-refractivity contribution in [1.29, 1.82) is 0 Å². The summed E-state index contributed by atoms with van der Waals surface area (Å²) >= 11 is 0. The Bertz CT molecular complexity index is 297. The Morgan fingerprint density at radius 2 is 2.05 bits per heavy atom. The van der Waals surface area contributed by atoms with Gasteiger partial charge in [-0.05, 0) is 25.9 Å². The van der Waals surface area contributed by atoms with Gasteiger partial charge in [0.05, 0.1) is 24.9 Å². The maximum absolute atomic E-state index is 13.2. The van der Waals surface area contributed by atoms with Crippen molar-refractivity contribution in [1.82, 2.24) is 10.2 Å². The lowest BCUT2D eigenvalue weighted by Crippen LogP contribution is -2.61. The molecule has 0 saturated carbocycles. The second kappa shape index (κ2) is 7.31. The van der Waals surface area contributed by atoms with Crippen LogP contribution in [-0.4, -0.2) is 69.0 Å². The Morgan fingerprint density at radius 3 is 2.60 bits per heavy atom. The molecule has 2 aliphatic rings. The SMILES string of the molecule is COCC1CN(CC(C)(F)F)CC2(CCNCC2)O1.Cl. The molecule has 20 heavy (non-hydrogen) atoms. The normalized spacial score (nSPS) is 27.3. The molecule has 2 saturated heterocycles. The highest BCUT2D eigenvalue weighted by molar-refractivity contribution is 5.85. The van der Waals surface area contributed by atoms with Gasteiger partial charge in [0.15, 0.2) is 0 Å². The van der Waals surface area contributed by atoms with E-state index in [1.54, 1.807) is 7.11 Å². The second-order valence-electron chi connectivity index (χ2n) is 5.87. The number of methoxy groups -OCH3 is 1. The fourth-order valence-corrected chi connectivity index (χ4v) is 3.13. The molecule has 1 unspecified atom stereocenters. The summed E-state index contributed by atoms with van der Waals surface area (Å²) in [7, 11) is 1.62. The summed E-state index contributed by atoms with van der Waals surface area (Å²) in [5.74, 6) is -2.66. The van der Waals surface area contributed by atoms with Gasteiger partial charge in [0, 0.05) is 27.1 Å². The van der Waals surface area contributed by atoms with E-state index >= 15 is 0 Å². The van der Waals surface area contributed by atoms with E-state index in [9.17, 15) is 8.78 Å². The number of ether oxygens (including phenoxy) is 2. The van der Waals surface area contributed by atoms with Crippen molar-refractivity contribution in [3.05, 3.63) is 0 Å². The topological polar surface area (TPSA) is 33.7 Å². The van der Waals surface area contributed by atoms with Gasteiger partial charge in [-0.2, -0.15) is 0 Å². The predicted octanol–water partition coefficient (Wildman–Crippen LogP) is 1.53. The van der Waals surface area contributed by atoms with Crippen LogP contribution in [0.15, 0.2) is 0 Å². The summed E-state index contributed by atoms with van der Waals surface area (Å²) in [6, 6.07) is 0. The molecule has 2 heterocycles. The molecular formula is C13H25ClF2N2O2. The first-order valence-corrected chi connectivity index (χ1v) is 6.90. The third kappa shape index (κ3) is 5.07. The Labute approximate surface area is 125 Å². The maximum atomic E-state index is 13.2. The summed E-state index contributed by atoms with van der Waals surface area (Å²) in [4.78, 5) is 1.83. The van der Waals surface area contributed by atoms with Crippen molar-refractivity contribution in [2.45, 2.75) is 37.4 Å². The van der Waals surface area contributed by atoms with Gasteiger partial charge in [-0.25, -0.2) is 8.78 Å².